The second-order valence-electron chi connectivity index (χ2n) is 2.92. The largest absolute Gasteiger partial charge is 0.165 e. The molecule has 0 heterocycles. The standard InChI is InChI=1S/C11H16S/c1-3-10-5-4-6-11(9-10)7-8-12-2/h4-6,9H,3,7-8H2,1-2H3. The molecule has 0 bridgehead atoms. The lowest BCUT2D eigenvalue weighted by atomic mass is 10.1. The summed E-state index contributed by atoms with van der Waals surface area (Å²) in [6, 6.07) is 8.89. The number of rotatable bonds is 4. The third kappa shape index (κ3) is 2.90. The summed E-state index contributed by atoms with van der Waals surface area (Å²) < 4.78 is 0. The molecule has 0 aliphatic rings. The van der Waals surface area contributed by atoms with Crippen molar-refractivity contribution in [1.82, 2.24) is 0 Å². The van der Waals surface area contributed by atoms with Crippen molar-refractivity contribution in [2.75, 3.05) is 12.0 Å². The molecule has 0 nitrogen and oxygen atoms in total. The molecule has 1 heteroatoms. The number of hydrogen-bond acceptors (Lipinski definition) is 1. The first-order chi connectivity index (χ1) is 5.86. The highest BCUT2D eigenvalue weighted by Crippen LogP contribution is 2.08. The maximum atomic E-state index is 2.32. The van der Waals surface area contributed by atoms with Crippen molar-refractivity contribution < 1.29 is 0 Å². The molecule has 0 aliphatic heterocycles. The number of hydrogen-bond donors (Lipinski definition) is 0. The van der Waals surface area contributed by atoms with E-state index in [9.17, 15) is 0 Å². The van der Waals surface area contributed by atoms with Crippen molar-refractivity contribution in [2.45, 2.75) is 19.8 Å². The van der Waals surface area contributed by atoms with E-state index in [4.69, 9.17) is 0 Å². The molecular weight excluding hydrogens is 164 g/mol. The fourth-order valence-electron chi connectivity index (χ4n) is 1.22. The highest BCUT2D eigenvalue weighted by molar-refractivity contribution is 7.98. The van der Waals surface area contributed by atoms with E-state index >= 15 is 0 Å². The lowest BCUT2D eigenvalue weighted by Crippen LogP contribution is -1.89. The number of aryl methyl sites for hydroxylation is 2. The Morgan fingerprint density at radius 2 is 2.00 bits per heavy atom. The van der Waals surface area contributed by atoms with Crippen LogP contribution in [0.25, 0.3) is 0 Å². The summed E-state index contributed by atoms with van der Waals surface area (Å²) in [5.74, 6) is 1.23. The van der Waals surface area contributed by atoms with E-state index in [0.29, 0.717) is 0 Å². The zero-order valence-electron chi connectivity index (χ0n) is 7.84. The average Bonchev–Trinajstić information content (AvgIpc) is 2.15. The van der Waals surface area contributed by atoms with Gasteiger partial charge in [0.15, 0.2) is 0 Å². The van der Waals surface area contributed by atoms with Crippen LogP contribution >= 0.6 is 11.8 Å². The summed E-state index contributed by atoms with van der Waals surface area (Å²) >= 11 is 1.91. The maximum Gasteiger partial charge on any atom is -0.00298 e. The lowest BCUT2D eigenvalue weighted by molar-refractivity contribution is 1.09. The van der Waals surface area contributed by atoms with Crippen LogP contribution in [0.5, 0.6) is 0 Å². The molecule has 0 fully saturated rings. The van der Waals surface area contributed by atoms with Gasteiger partial charge in [0.1, 0.15) is 0 Å². The molecule has 0 saturated carbocycles. The minimum Gasteiger partial charge on any atom is -0.165 e. The lowest BCUT2D eigenvalue weighted by Gasteiger charge is -2.01. The second-order valence-corrected chi connectivity index (χ2v) is 3.90. The van der Waals surface area contributed by atoms with E-state index < -0.39 is 0 Å². The van der Waals surface area contributed by atoms with E-state index in [-0.39, 0.29) is 0 Å². The van der Waals surface area contributed by atoms with Gasteiger partial charge in [-0.3, -0.25) is 0 Å². The van der Waals surface area contributed by atoms with Crippen molar-refractivity contribution in [2.24, 2.45) is 0 Å². The molecule has 0 atom stereocenters. The summed E-state index contributed by atoms with van der Waals surface area (Å²) in [6.45, 7) is 2.20. The molecule has 1 rings (SSSR count). The molecule has 0 N–H and O–H groups in total. The van der Waals surface area contributed by atoms with Crippen molar-refractivity contribution in [1.29, 1.82) is 0 Å². The summed E-state index contributed by atoms with van der Waals surface area (Å²) in [5.41, 5.74) is 2.93. The highest BCUT2D eigenvalue weighted by atomic mass is 32.2. The summed E-state index contributed by atoms with van der Waals surface area (Å²) in [7, 11) is 0. The Kier molecular flexibility index (Phi) is 4.23. The van der Waals surface area contributed by atoms with Gasteiger partial charge in [0.2, 0.25) is 0 Å². The number of thioether (sulfide) groups is 1. The molecule has 0 unspecified atom stereocenters. The van der Waals surface area contributed by atoms with Crippen molar-refractivity contribution in [3.8, 4) is 0 Å². The fourth-order valence-corrected chi connectivity index (χ4v) is 1.66. The van der Waals surface area contributed by atoms with Gasteiger partial charge < -0.3 is 0 Å². The Morgan fingerprint density at radius 3 is 2.67 bits per heavy atom. The first kappa shape index (κ1) is 9.66. The van der Waals surface area contributed by atoms with Crippen molar-refractivity contribution in [3.63, 3.8) is 0 Å². The van der Waals surface area contributed by atoms with Crippen LogP contribution in [0.3, 0.4) is 0 Å². The molecule has 66 valence electrons. The SMILES string of the molecule is CCc1cccc(CCSC)c1. The van der Waals surface area contributed by atoms with E-state index in [1.165, 1.54) is 23.3 Å². The Balaban J connectivity index is 2.60. The van der Waals surface area contributed by atoms with Crippen molar-refractivity contribution in [3.05, 3.63) is 35.4 Å². The highest BCUT2D eigenvalue weighted by Gasteiger charge is 1.93. The van der Waals surface area contributed by atoms with E-state index in [0.717, 1.165) is 6.42 Å². The Morgan fingerprint density at radius 1 is 1.25 bits per heavy atom. The van der Waals surface area contributed by atoms with Gasteiger partial charge in [0.25, 0.3) is 0 Å². The van der Waals surface area contributed by atoms with Crippen LogP contribution in [-0.2, 0) is 12.8 Å². The first-order valence-corrected chi connectivity index (χ1v) is 5.83. The summed E-state index contributed by atoms with van der Waals surface area (Å²) in [5, 5.41) is 0. The second kappa shape index (κ2) is 5.26. The van der Waals surface area contributed by atoms with Gasteiger partial charge in [-0.05, 0) is 36.0 Å². The minimum atomic E-state index is 1.15. The van der Waals surface area contributed by atoms with Gasteiger partial charge in [-0.25, -0.2) is 0 Å². The van der Waals surface area contributed by atoms with E-state index in [1.54, 1.807) is 0 Å². The Labute approximate surface area is 79.4 Å². The average molecular weight is 180 g/mol. The third-order valence-corrected chi connectivity index (χ3v) is 2.61. The Hall–Kier alpha value is -0.430. The van der Waals surface area contributed by atoms with Crippen LogP contribution in [0.2, 0.25) is 0 Å². The topological polar surface area (TPSA) is 0 Å². The Bertz CT molecular complexity index is 230. The molecule has 0 aliphatic carbocycles. The molecule has 1 aromatic carbocycles. The van der Waals surface area contributed by atoms with E-state index in [2.05, 4.69) is 37.4 Å². The third-order valence-electron chi connectivity index (χ3n) is 1.99. The van der Waals surface area contributed by atoms with Gasteiger partial charge in [-0.15, -0.1) is 0 Å². The van der Waals surface area contributed by atoms with E-state index in [1.807, 2.05) is 11.8 Å². The van der Waals surface area contributed by atoms with Crippen LogP contribution in [0.15, 0.2) is 24.3 Å². The molecule has 1 aromatic rings. The quantitative estimate of drug-likeness (QED) is 0.686. The van der Waals surface area contributed by atoms with Crippen LogP contribution in [0.1, 0.15) is 18.1 Å². The molecule has 0 spiro atoms. The predicted molar refractivity (Wildman–Crippen MR) is 57.9 cm³/mol. The molecule has 0 amide bonds. The van der Waals surface area contributed by atoms with Gasteiger partial charge in [0.05, 0.1) is 0 Å². The predicted octanol–water partition coefficient (Wildman–Crippen LogP) is 3.15. The summed E-state index contributed by atoms with van der Waals surface area (Å²) in [6.07, 6.45) is 4.51. The van der Waals surface area contributed by atoms with Crippen LogP contribution < -0.4 is 0 Å². The summed E-state index contributed by atoms with van der Waals surface area (Å²) in [4.78, 5) is 0. The van der Waals surface area contributed by atoms with Crippen molar-refractivity contribution >= 4 is 11.8 Å². The fraction of sp³-hybridized carbons (Fsp3) is 0.455. The van der Waals surface area contributed by atoms with Crippen LogP contribution in [0, 0.1) is 0 Å². The molecule has 0 radical (unpaired) electrons. The minimum absolute atomic E-state index is 1.15. The first-order valence-electron chi connectivity index (χ1n) is 4.43. The van der Waals surface area contributed by atoms with Crippen LogP contribution in [0.4, 0.5) is 0 Å². The molecule has 12 heavy (non-hydrogen) atoms. The molecule has 0 saturated heterocycles. The van der Waals surface area contributed by atoms with Gasteiger partial charge >= 0.3 is 0 Å². The van der Waals surface area contributed by atoms with Gasteiger partial charge in [-0.1, -0.05) is 31.2 Å². The zero-order chi connectivity index (χ0) is 8.81. The normalized spacial score (nSPS) is 10.2. The zero-order valence-corrected chi connectivity index (χ0v) is 8.66. The smallest absolute Gasteiger partial charge is 0.00298 e. The maximum absolute atomic E-state index is 2.32. The van der Waals surface area contributed by atoms with Crippen LogP contribution in [-0.4, -0.2) is 12.0 Å². The van der Waals surface area contributed by atoms with Gasteiger partial charge in [0, 0.05) is 0 Å². The monoisotopic (exact) mass is 180 g/mol. The number of benzene rings is 1. The molecular formula is C11H16S. The molecule has 0 aromatic heterocycles. The van der Waals surface area contributed by atoms with Gasteiger partial charge in [-0.2, -0.15) is 11.8 Å².